The Hall–Kier alpha value is -3.76. The summed E-state index contributed by atoms with van der Waals surface area (Å²) in [4.78, 5) is 29.2. The Morgan fingerprint density at radius 2 is 1.71 bits per heavy atom. The van der Waals surface area contributed by atoms with Crippen molar-refractivity contribution in [2.24, 2.45) is 0 Å². The van der Waals surface area contributed by atoms with Crippen LogP contribution < -0.4 is 19.1 Å². The van der Waals surface area contributed by atoms with Gasteiger partial charge in [-0.15, -0.1) is 0 Å². The molecule has 4 rings (SSSR count). The molecule has 3 aromatic carbocycles. The van der Waals surface area contributed by atoms with Crippen LogP contribution in [-0.4, -0.2) is 57.3 Å². The molecule has 0 bridgehead atoms. The van der Waals surface area contributed by atoms with Gasteiger partial charge in [-0.3, -0.25) is 13.9 Å². The summed E-state index contributed by atoms with van der Waals surface area (Å²) in [5.41, 5.74) is 1.74. The first-order valence-electron chi connectivity index (χ1n) is 13.4. The molecular formula is C30H34ClN3O6S. The monoisotopic (exact) mass is 599 g/mol. The number of hydrogen-bond acceptors (Lipinski definition) is 6. The molecule has 1 atom stereocenters. The van der Waals surface area contributed by atoms with Crippen LogP contribution in [0.1, 0.15) is 30.9 Å². The highest BCUT2D eigenvalue weighted by molar-refractivity contribution is 7.92. The highest BCUT2D eigenvalue weighted by Gasteiger charge is 2.33. The van der Waals surface area contributed by atoms with Gasteiger partial charge in [0.05, 0.1) is 11.9 Å². The molecule has 0 radical (unpaired) electrons. The lowest BCUT2D eigenvalue weighted by Crippen LogP contribution is -2.53. The van der Waals surface area contributed by atoms with Crippen LogP contribution in [0, 0.1) is 0 Å². The van der Waals surface area contributed by atoms with Gasteiger partial charge in [0.1, 0.15) is 12.6 Å². The molecule has 41 heavy (non-hydrogen) atoms. The lowest BCUT2D eigenvalue weighted by molar-refractivity contribution is -0.140. The Morgan fingerprint density at radius 1 is 1.00 bits per heavy atom. The molecule has 1 aliphatic rings. The van der Waals surface area contributed by atoms with Gasteiger partial charge in [0.2, 0.25) is 28.6 Å². The third-order valence-electron chi connectivity index (χ3n) is 6.72. The van der Waals surface area contributed by atoms with E-state index in [0.717, 1.165) is 29.0 Å². The Kier molecular flexibility index (Phi) is 10.1. The minimum atomic E-state index is -3.90. The second-order valence-electron chi connectivity index (χ2n) is 9.77. The van der Waals surface area contributed by atoms with Crippen molar-refractivity contribution in [3.8, 4) is 11.5 Å². The van der Waals surface area contributed by atoms with E-state index in [0.29, 0.717) is 28.6 Å². The van der Waals surface area contributed by atoms with E-state index in [1.165, 1.54) is 11.0 Å². The van der Waals surface area contributed by atoms with Crippen molar-refractivity contribution in [2.45, 2.75) is 38.8 Å². The molecule has 218 valence electrons. The van der Waals surface area contributed by atoms with Crippen molar-refractivity contribution in [3.63, 3.8) is 0 Å². The smallest absolute Gasteiger partial charge is 0.244 e. The Labute approximate surface area is 246 Å². The predicted octanol–water partition coefficient (Wildman–Crippen LogP) is 4.39. The van der Waals surface area contributed by atoms with Crippen LogP contribution in [0.5, 0.6) is 11.5 Å². The highest BCUT2D eigenvalue weighted by Crippen LogP contribution is 2.36. The van der Waals surface area contributed by atoms with Crippen molar-refractivity contribution in [1.82, 2.24) is 10.2 Å². The lowest BCUT2D eigenvalue weighted by Gasteiger charge is -2.33. The van der Waals surface area contributed by atoms with Crippen LogP contribution in [0.15, 0.2) is 72.8 Å². The number of benzene rings is 3. The number of hydrogen-bond donors (Lipinski definition) is 1. The number of nitrogens with zero attached hydrogens (tertiary/aromatic N) is 2. The number of carbonyl (C=O) groups excluding carboxylic acids is 2. The van der Waals surface area contributed by atoms with Crippen LogP contribution in [0.4, 0.5) is 5.69 Å². The highest BCUT2D eigenvalue weighted by atomic mass is 35.5. The molecule has 1 heterocycles. The molecule has 11 heteroatoms. The first kappa shape index (κ1) is 30.2. The summed E-state index contributed by atoms with van der Waals surface area (Å²) in [5, 5.41) is 3.39. The van der Waals surface area contributed by atoms with Gasteiger partial charge in [0, 0.05) is 30.6 Å². The van der Waals surface area contributed by atoms with E-state index in [2.05, 4.69) is 5.32 Å². The van der Waals surface area contributed by atoms with Crippen molar-refractivity contribution < 1.29 is 27.5 Å². The quantitative estimate of drug-likeness (QED) is 0.292. The summed E-state index contributed by atoms with van der Waals surface area (Å²) in [5.74, 6) is -0.00870. The number of sulfonamides is 1. The van der Waals surface area contributed by atoms with E-state index < -0.39 is 28.5 Å². The average Bonchev–Trinajstić information content (AvgIpc) is 3.42. The zero-order valence-corrected chi connectivity index (χ0v) is 24.7. The minimum Gasteiger partial charge on any atom is -0.454 e. The van der Waals surface area contributed by atoms with Crippen LogP contribution in [0.25, 0.3) is 0 Å². The number of fused-ring (bicyclic) bond motifs is 1. The molecule has 0 fully saturated rings. The molecule has 3 aromatic rings. The molecule has 2 amide bonds. The van der Waals surface area contributed by atoms with Gasteiger partial charge in [0.15, 0.2) is 11.5 Å². The summed E-state index contributed by atoms with van der Waals surface area (Å²) in [6.45, 7) is 1.99. The van der Waals surface area contributed by atoms with Crippen LogP contribution in [0.3, 0.4) is 0 Å². The van der Waals surface area contributed by atoms with Crippen molar-refractivity contribution >= 4 is 39.1 Å². The summed E-state index contributed by atoms with van der Waals surface area (Å²) in [7, 11) is -3.90. The maximum Gasteiger partial charge on any atom is 0.244 e. The molecule has 1 aliphatic heterocycles. The van der Waals surface area contributed by atoms with E-state index in [1.54, 1.807) is 36.4 Å². The van der Waals surface area contributed by atoms with Gasteiger partial charge in [-0.25, -0.2) is 8.42 Å². The lowest BCUT2D eigenvalue weighted by atomic mass is 10.0. The van der Waals surface area contributed by atoms with E-state index in [-0.39, 0.29) is 31.4 Å². The summed E-state index contributed by atoms with van der Waals surface area (Å²) in [6, 6.07) is 20.2. The van der Waals surface area contributed by atoms with Crippen molar-refractivity contribution in [2.75, 3.05) is 30.4 Å². The van der Waals surface area contributed by atoms with Gasteiger partial charge in [-0.2, -0.15) is 0 Å². The Bertz CT molecular complexity index is 1470. The molecule has 0 aromatic heterocycles. The minimum absolute atomic E-state index is 0.00987. The van der Waals surface area contributed by atoms with Crippen molar-refractivity contribution in [1.29, 1.82) is 0 Å². The molecule has 0 aliphatic carbocycles. The van der Waals surface area contributed by atoms with Crippen LogP contribution >= 0.6 is 11.6 Å². The number of rotatable bonds is 13. The van der Waals surface area contributed by atoms with Gasteiger partial charge in [-0.05, 0) is 35.7 Å². The zero-order chi connectivity index (χ0) is 29.4. The largest absolute Gasteiger partial charge is 0.454 e. The fourth-order valence-corrected chi connectivity index (χ4v) is 5.56. The molecule has 1 unspecified atom stereocenters. The molecule has 0 spiro atoms. The Morgan fingerprint density at radius 3 is 2.41 bits per heavy atom. The molecular weight excluding hydrogens is 566 g/mol. The fourth-order valence-electron chi connectivity index (χ4n) is 4.52. The Balaban J connectivity index is 1.72. The molecule has 0 saturated heterocycles. The second kappa shape index (κ2) is 13.7. The SMILES string of the molecule is CCCCNC(=O)C(Cc1ccccc1)N(Cc1ccccc1Cl)C(=O)CN(c1ccc2c(c1)OCO2)S(C)(=O)=O. The van der Waals surface area contributed by atoms with E-state index in [4.69, 9.17) is 21.1 Å². The first-order chi connectivity index (χ1) is 19.7. The third kappa shape index (κ3) is 7.92. The number of nitrogens with one attached hydrogen (secondary N) is 1. The maximum absolute atomic E-state index is 14.1. The number of carbonyl (C=O) groups is 2. The normalized spacial score (nSPS) is 13.0. The topological polar surface area (TPSA) is 105 Å². The second-order valence-corrected chi connectivity index (χ2v) is 12.1. The van der Waals surface area contributed by atoms with Crippen molar-refractivity contribution in [3.05, 3.63) is 88.9 Å². The maximum atomic E-state index is 14.1. The summed E-state index contributed by atoms with van der Waals surface area (Å²) in [6.07, 6.45) is 2.94. The zero-order valence-electron chi connectivity index (χ0n) is 23.1. The van der Waals surface area contributed by atoms with Gasteiger partial charge in [0.25, 0.3) is 0 Å². The van der Waals surface area contributed by atoms with Gasteiger partial charge in [-0.1, -0.05) is 73.5 Å². The third-order valence-corrected chi connectivity index (χ3v) is 8.23. The van der Waals surface area contributed by atoms with E-state index >= 15 is 0 Å². The average molecular weight is 600 g/mol. The number of unbranched alkanes of at least 4 members (excludes halogenated alkanes) is 1. The molecule has 1 N–H and O–H groups in total. The molecule has 0 saturated carbocycles. The fraction of sp³-hybridized carbons (Fsp3) is 0.333. The van der Waals surface area contributed by atoms with Gasteiger partial charge < -0.3 is 19.7 Å². The van der Waals surface area contributed by atoms with E-state index in [1.807, 2.05) is 37.3 Å². The summed E-state index contributed by atoms with van der Waals surface area (Å²) >= 11 is 6.48. The van der Waals surface area contributed by atoms with E-state index in [9.17, 15) is 18.0 Å². The van der Waals surface area contributed by atoms with Crippen LogP contribution in [0.2, 0.25) is 5.02 Å². The number of halogens is 1. The molecule has 9 nitrogen and oxygen atoms in total. The standard InChI is InChI=1S/C30H34ClN3O6S/c1-3-4-16-32-30(36)26(17-22-10-6-5-7-11-22)33(19-23-12-8-9-13-25(23)31)29(35)20-34(41(2,37)38)24-14-15-27-28(18-24)40-21-39-27/h5-15,18,26H,3-4,16-17,19-21H2,1-2H3,(H,32,36). The van der Waals surface area contributed by atoms with Gasteiger partial charge >= 0.3 is 0 Å². The first-order valence-corrected chi connectivity index (χ1v) is 15.6. The number of anilines is 1. The van der Waals surface area contributed by atoms with Crippen LogP contribution in [-0.2, 0) is 32.6 Å². The number of amides is 2. The predicted molar refractivity (Wildman–Crippen MR) is 159 cm³/mol. The summed E-state index contributed by atoms with van der Waals surface area (Å²) < 4.78 is 37.7. The number of ether oxygens (including phenoxy) is 2.